The van der Waals surface area contributed by atoms with Crippen molar-refractivity contribution in [3.63, 3.8) is 0 Å². The van der Waals surface area contributed by atoms with Gasteiger partial charge in [0, 0.05) is 21.9 Å². The molecule has 0 unspecified atom stereocenters. The Morgan fingerprint density at radius 2 is 1.45 bits per heavy atom. The molecule has 4 nitrogen and oxygen atoms in total. The molecule has 0 saturated heterocycles. The second kappa shape index (κ2) is 9.07. The fourth-order valence-electron chi connectivity index (χ4n) is 5.14. The van der Waals surface area contributed by atoms with E-state index in [0.717, 1.165) is 22.0 Å². The maximum absolute atomic E-state index is 9.14. The van der Waals surface area contributed by atoms with Crippen LogP contribution in [0.15, 0.2) is 144 Å². The standard InChI is InChI=1S/C36H23N3O/c1-3-12-24(13-4-1)26-16-7-9-20-32(26)39-33-21-10-8-19-31(33)37-35(39)29-18-11-17-27-28-22-23-30(25-14-5-2-6-15-25)38-36(28)40-34(27)29/h1-23H/i1D,3D,4D,7D,9D,12D,16D,20D. The van der Waals surface area contributed by atoms with Gasteiger partial charge in [-0.3, -0.25) is 4.57 Å². The van der Waals surface area contributed by atoms with Crippen LogP contribution in [0.3, 0.4) is 0 Å². The van der Waals surface area contributed by atoms with Crippen LogP contribution in [-0.2, 0) is 0 Å². The number of aromatic nitrogens is 3. The average Bonchev–Trinajstić information content (AvgIpc) is 3.68. The Labute approximate surface area is 242 Å². The van der Waals surface area contributed by atoms with Gasteiger partial charge in [-0.2, -0.15) is 0 Å². The minimum atomic E-state index is -0.531. The molecule has 8 aromatic rings. The molecule has 0 aliphatic heterocycles. The molecule has 4 heteroatoms. The van der Waals surface area contributed by atoms with Gasteiger partial charge in [0.2, 0.25) is 5.71 Å². The summed E-state index contributed by atoms with van der Waals surface area (Å²) >= 11 is 0. The van der Waals surface area contributed by atoms with E-state index in [9.17, 15) is 0 Å². The largest absolute Gasteiger partial charge is 0.437 e. The molecule has 0 bridgehead atoms. The first-order valence-corrected chi connectivity index (χ1v) is 12.7. The third-order valence-corrected chi connectivity index (χ3v) is 6.94. The van der Waals surface area contributed by atoms with E-state index < -0.39 is 42.3 Å². The van der Waals surface area contributed by atoms with Crippen LogP contribution in [0.5, 0.6) is 0 Å². The van der Waals surface area contributed by atoms with Crippen LogP contribution in [0.4, 0.5) is 0 Å². The fraction of sp³-hybridized carbons (Fsp3) is 0. The van der Waals surface area contributed by atoms with Gasteiger partial charge >= 0.3 is 0 Å². The highest BCUT2D eigenvalue weighted by Crippen LogP contribution is 2.39. The third kappa shape index (κ3) is 3.54. The van der Waals surface area contributed by atoms with E-state index in [4.69, 9.17) is 25.4 Å². The van der Waals surface area contributed by atoms with E-state index in [1.165, 1.54) is 6.07 Å². The smallest absolute Gasteiger partial charge is 0.227 e. The van der Waals surface area contributed by atoms with Crippen LogP contribution in [0.25, 0.3) is 72.6 Å². The van der Waals surface area contributed by atoms with Crippen LogP contribution < -0.4 is 0 Å². The van der Waals surface area contributed by atoms with E-state index >= 15 is 0 Å². The number of pyridine rings is 1. The highest BCUT2D eigenvalue weighted by atomic mass is 16.3. The van der Waals surface area contributed by atoms with Gasteiger partial charge in [0.25, 0.3) is 0 Å². The Morgan fingerprint density at radius 1 is 0.600 bits per heavy atom. The Bertz CT molecular complexity index is 2610. The third-order valence-electron chi connectivity index (χ3n) is 6.94. The maximum atomic E-state index is 9.14. The van der Waals surface area contributed by atoms with Crippen molar-refractivity contribution < 1.29 is 15.4 Å². The summed E-state index contributed by atoms with van der Waals surface area (Å²) < 4.78 is 76.8. The van der Waals surface area contributed by atoms with E-state index in [-0.39, 0.29) is 22.9 Å². The SMILES string of the molecule is [2H]c1cc(-c2c([2H])c([2H])c([2H])c([2H])c2-n2c(-c3cccc4c3oc3nc(-c5ccccc5)ccc34)nc3ccccc32)c([2H])c([2H])c1[2H]. The molecule has 0 atom stereocenters. The molecule has 0 spiro atoms. The van der Waals surface area contributed by atoms with E-state index in [0.29, 0.717) is 33.7 Å². The molecule has 0 amide bonds. The van der Waals surface area contributed by atoms with Crippen molar-refractivity contribution in [3.05, 3.63) is 139 Å². The van der Waals surface area contributed by atoms with Crippen LogP contribution >= 0.6 is 0 Å². The number of imidazole rings is 1. The van der Waals surface area contributed by atoms with Gasteiger partial charge in [-0.1, -0.05) is 103 Å². The van der Waals surface area contributed by atoms with Gasteiger partial charge in [-0.15, -0.1) is 0 Å². The van der Waals surface area contributed by atoms with E-state index in [2.05, 4.69) is 0 Å². The number of nitrogens with zero attached hydrogens (tertiary/aromatic N) is 3. The maximum Gasteiger partial charge on any atom is 0.227 e. The molecule has 0 N–H and O–H groups in total. The number of hydrogen-bond acceptors (Lipinski definition) is 3. The lowest BCUT2D eigenvalue weighted by molar-refractivity contribution is 0.655. The zero-order valence-electron chi connectivity index (χ0n) is 28.9. The molecule has 0 fully saturated rings. The molecule has 3 aromatic heterocycles. The summed E-state index contributed by atoms with van der Waals surface area (Å²) in [7, 11) is 0. The summed E-state index contributed by atoms with van der Waals surface area (Å²) in [6, 6.07) is 24.0. The zero-order valence-corrected chi connectivity index (χ0v) is 20.9. The zero-order chi connectivity index (χ0) is 33.4. The molecule has 3 heterocycles. The fourth-order valence-corrected chi connectivity index (χ4v) is 5.14. The van der Waals surface area contributed by atoms with Crippen molar-refractivity contribution in [2.75, 3.05) is 0 Å². The summed E-state index contributed by atoms with van der Waals surface area (Å²) in [5, 5.41) is 1.57. The second-order valence-corrected chi connectivity index (χ2v) is 9.26. The molecule has 0 aliphatic carbocycles. The van der Waals surface area contributed by atoms with Crippen LogP contribution in [0.2, 0.25) is 0 Å². The number of rotatable bonds is 4. The number of benzene rings is 5. The van der Waals surface area contributed by atoms with Gasteiger partial charge < -0.3 is 4.42 Å². The summed E-state index contributed by atoms with van der Waals surface area (Å²) in [5.41, 5.74) is 4.03. The average molecular weight is 522 g/mol. The van der Waals surface area contributed by atoms with Gasteiger partial charge in [-0.05, 0) is 41.9 Å². The summed E-state index contributed by atoms with van der Waals surface area (Å²) in [6.07, 6.45) is 0. The van der Waals surface area contributed by atoms with E-state index in [1.807, 2.05) is 66.7 Å². The topological polar surface area (TPSA) is 43.9 Å². The summed E-state index contributed by atoms with van der Waals surface area (Å²) in [4.78, 5) is 9.76. The van der Waals surface area contributed by atoms with Gasteiger partial charge in [0.15, 0.2) is 0 Å². The lowest BCUT2D eigenvalue weighted by Gasteiger charge is -2.15. The first kappa shape index (κ1) is 15.8. The number of furan rings is 1. The first-order valence-electron chi connectivity index (χ1n) is 16.7. The monoisotopic (exact) mass is 521 g/mol. The Hall–Kier alpha value is -5.48. The summed E-state index contributed by atoms with van der Waals surface area (Å²) in [5.74, 6) is 0.316. The normalized spacial score (nSPS) is 14.3. The van der Waals surface area contributed by atoms with Crippen molar-refractivity contribution >= 4 is 33.1 Å². The number of fused-ring (bicyclic) bond motifs is 4. The molecule has 0 radical (unpaired) electrons. The van der Waals surface area contributed by atoms with E-state index in [1.54, 1.807) is 22.8 Å². The number of para-hydroxylation sites is 4. The van der Waals surface area contributed by atoms with Crippen molar-refractivity contribution in [3.8, 4) is 39.5 Å². The molecule has 0 aliphatic rings. The second-order valence-electron chi connectivity index (χ2n) is 9.26. The van der Waals surface area contributed by atoms with Crippen LogP contribution in [-0.4, -0.2) is 14.5 Å². The minimum absolute atomic E-state index is 0.00710. The van der Waals surface area contributed by atoms with Crippen molar-refractivity contribution in [2.45, 2.75) is 0 Å². The van der Waals surface area contributed by atoms with Gasteiger partial charge in [0.05, 0.1) is 38.9 Å². The van der Waals surface area contributed by atoms with Crippen molar-refractivity contribution in [1.82, 2.24) is 14.5 Å². The number of hydrogen-bond donors (Lipinski definition) is 0. The molecule has 8 rings (SSSR count). The van der Waals surface area contributed by atoms with Crippen molar-refractivity contribution in [2.24, 2.45) is 0 Å². The molecule has 188 valence electrons. The predicted molar refractivity (Wildman–Crippen MR) is 162 cm³/mol. The van der Waals surface area contributed by atoms with Crippen LogP contribution in [0, 0.1) is 0 Å². The molecule has 0 saturated carbocycles. The highest BCUT2D eigenvalue weighted by molar-refractivity contribution is 6.09. The van der Waals surface area contributed by atoms with Gasteiger partial charge in [0.1, 0.15) is 11.4 Å². The molecular weight excluding hydrogens is 490 g/mol. The Kier molecular flexibility index (Phi) is 3.59. The first-order chi connectivity index (χ1) is 23.2. The van der Waals surface area contributed by atoms with Crippen LogP contribution in [0.1, 0.15) is 11.0 Å². The molecule has 5 aromatic carbocycles. The lowest BCUT2D eigenvalue weighted by atomic mass is 10.0. The predicted octanol–water partition coefficient (Wildman–Crippen LogP) is 9.32. The molecular formula is C36H23N3O. The summed E-state index contributed by atoms with van der Waals surface area (Å²) in [6.45, 7) is 0. The Morgan fingerprint density at radius 3 is 2.40 bits per heavy atom. The van der Waals surface area contributed by atoms with Crippen molar-refractivity contribution in [1.29, 1.82) is 0 Å². The Balaban J connectivity index is 1.47. The van der Waals surface area contributed by atoms with Gasteiger partial charge in [-0.25, -0.2) is 9.97 Å². The quantitative estimate of drug-likeness (QED) is 0.232. The minimum Gasteiger partial charge on any atom is -0.437 e. The molecule has 40 heavy (non-hydrogen) atoms. The lowest BCUT2D eigenvalue weighted by Crippen LogP contribution is -2.00. The highest BCUT2D eigenvalue weighted by Gasteiger charge is 2.21.